The largest absolute Gasteiger partial charge is 0.341 e. The van der Waals surface area contributed by atoms with Crippen molar-refractivity contribution in [1.82, 2.24) is 23.6 Å². The van der Waals surface area contributed by atoms with E-state index in [0.717, 1.165) is 17.4 Å². The lowest BCUT2D eigenvalue weighted by molar-refractivity contribution is -0.132. The van der Waals surface area contributed by atoms with Crippen molar-refractivity contribution < 1.29 is 4.79 Å². The van der Waals surface area contributed by atoms with Crippen LogP contribution in [0.3, 0.4) is 0 Å². The minimum absolute atomic E-state index is 0.127. The Morgan fingerprint density at radius 1 is 1.39 bits per heavy atom. The predicted molar refractivity (Wildman–Crippen MR) is 85.2 cm³/mol. The van der Waals surface area contributed by atoms with Gasteiger partial charge in [-0.2, -0.15) is 0 Å². The fourth-order valence-corrected chi connectivity index (χ4v) is 2.90. The summed E-state index contributed by atoms with van der Waals surface area (Å²) in [4.78, 5) is 43.1. The lowest BCUT2D eigenvalue weighted by Gasteiger charge is -2.25. The lowest BCUT2D eigenvalue weighted by atomic mass is 10.2. The summed E-state index contributed by atoms with van der Waals surface area (Å²) in [5.74, 6) is 0.299. The third-order valence-corrected chi connectivity index (χ3v) is 4.80. The van der Waals surface area contributed by atoms with Gasteiger partial charge >= 0.3 is 5.69 Å². The Morgan fingerprint density at radius 2 is 2.04 bits per heavy atom. The van der Waals surface area contributed by atoms with Gasteiger partial charge in [0, 0.05) is 27.2 Å². The van der Waals surface area contributed by atoms with E-state index < -0.39 is 11.2 Å². The average molecular weight is 319 g/mol. The van der Waals surface area contributed by atoms with Crippen LogP contribution in [-0.4, -0.2) is 42.6 Å². The minimum Gasteiger partial charge on any atom is -0.341 e. The number of fused-ring (bicyclic) bond motifs is 1. The van der Waals surface area contributed by atoms with Crippen LogP contribution in [0.5, 0.6) is 0 Å². The zero-order valence-corrected chi connectivity index (χ0v) is 13.8. The number of rotatable bonds is 4. The molecule has 1 atom stereocenters. The van der Waals surface area contributed by atoms with Crippen LogP contribution in [0.2, 0.25) is 0 Å². The zero-order valence-electron chi connectivity index (χ0n) is 13.8. The molecule has 1 fully saturated rings. The standard InChI is InChI=1S/C15H21N5O3/c1-9(10-5-6-10)18(3)11(21)7-20-14(22)12-13(16-8-17(12)2)19(4)15(20)23/h8-10H,5-7H2,1-4H3. The molecule has 0 aromatic carbocycles. The van der Waals surface area contributed by atoms with Crippen molar-refractivity contribution in [2.45, 2.75) is 32.4 Å². The lowest BCUT2D eigenvalue weighted by Crippen LogP contribution is -2.46. The van der Waals surface area contributed by atoms with Crippen LogP contribution in [0.1, 0.15) is 19.8 Å². The van der Waals surface area contributed by atoms with Crippen molar-refractivity contribution in [2.24, 2.45) is 20.0 Å². The summed E-state index contributed by atoms with van der Waals surface area (Å²) in [6, 6.07) is 0.127. The maximum Gasteiger partial charge on any atom is 0.332 e. The summed E-state index contributed by atoms with van der Waals surface area (Å²) in [5, 5.41) is 0. The fourth-order valence-electron chi connectivity index (χ4n) is 2.90. The SMILES string of the molecule is CC(C1CC1)N(C)C(=O)Cn1c(=O)c2c(ncn2C)n(C)c1=O. The summed E-state index contributed by atoms with van der Waals surface area (Å²) in [5.41, 5.74) is -0.366. The van der Waals surface area contributed by atoms with Crippen LogP contribution < -0.4 is 11.2 Å². The molecule has 8 nitrogen and oxygen atoms in total. The Kier molecular flexibility index (Phi) is 3.62. The summed E-state index contributed by atoms with van der Waals surface area (Å²) >= 11 is 0. The highest BCUT2D eigenvalue weighted by Gasteiger charge is 2.32. The maximum absolute atomic E-state index is 12.6. The van der Waals surface area contributed by atoms with Crippen LogP contribution in [0.15, 0.2) is 15.9 Å². The van der Waals surface area contributed by atoms with Crippen LogP contribution in [0, 0.1) is 5.92 Å². The van der Waals surface area contributed by atoms with E-state index in [2.05, 4.69) is 4.98 Å². The highest BCUT2D eigenvalue weighted by atomic mass is 16.2. The quantitative estimate of drug-likeness (QED) is 0.774. The van der Waals surface area contributed by atoms with Crippen molar-refractivity contribution in [3.63, 3.8) is 0 Å². The molecule has 0 saturated heterocycles. The second kappa shape index (κ2) is 5.36. The molecule has 2 heterocycles. The number of aryl methyl sites for hydroxylation is 2. The van der Waals surface area contributed by atoms with E-state index >= 15 is 0 Å². The van der Waals surface area contributed by atoms with Crippen molar-refractivity contribution in [2.75, 3.05) is 7.05 Å². The van der Waals surface area contributed by atoms with E-state index in [0.29, 0.717) is 17.1 Å². The van der Waals surface area contributed by atoms with Crippen LogP contribution in [-0.2, 0) is 25.4 Å². The Labute approximate surface area is 132 Å². The van der Waals surface area contributed by atoms with Gasteiger partial charge in [-0.05, 0) is 25.7 Å². The first kappa shape index (κ1) is 15.5. The zero-order chi connectivity index (χ0) is 16.9. The average Bonchev–Trinajstić information content (AvgIpc) is 3.30. The smallest absolute Gasteiger partial charge is 0.332 e. The summed E-state index contributed by atoms with van der Waals surface area (Å²) < 4.78 is 3.85. The number of aromatic nitrogens is 4. The molecule has 124 valence electrons. The van der Waals surface area contributed by atoms with E-state index in [1.807, 2.05) is 6.92 Å². The van der Waals surface area contributed by atoms with Gasteiger partial charge in [0.25, 0.3) is 5.56 Å². The third kappa shape index (κ3) is 2.47. The topological polar surface area (TPSA) is 82.1 Å². The van der Waals surface area contributed by atoms with Gasteiger partial charge in [-0.3, -0.25) is 14.2 Å². The van der Waals surface area contributed by atoms with E-state index in [1.165, 1.54) is 10.9 Å². The van der Waals surface area contributed by atoms with Gasteiger partial charge in [0.1, 0.15) is 6.54 Å². The van der Waals surface area contributed by atoms with E-state index in [4.69, 9.17) is 0 Å². The number of likely N-dealkylation sites (N-methyl/N-ethyl adjacent to an activating group) is 1. The molecule has 8 heteroatoms. The molecule has 1 aliphatic carbocycles. The highest BCUT2D eigenvalue weighted by Crippen LogP contribution is 2.34. The molecule has 3 rings (SSSR count). The van der Waals surface area contributed by atoms with Gasteiger partial charge in [0.05, 0.1) is 6.33 Å². The molecule has 0 radical (unpaired) electrons. The van der Waals surface area contributed by atoms with E-state index in [-0.39, 0.29) is 18.5 Å². The monoisotopic (exact) mass is 319 g/mol. The second-order valence-electron chi connectivity index (χ2n) is 6.34. The number of amides is 1. The number of hydrogen-bond donors (Lipinski definition) is 0. The molecule has 1 unspecified atom stereocenters. The van der Waals surface area contributed by atoms with Crippen LogP contribution in [0.4, 0.5) is 0 Å². The van der Waals surface area contributed by atoms with Gasteiger partial charge in [-0.25, -0.2) is 14.3 Å². The molecule has 23 heavy (non-hydrogen) atoms. The molecule has 2 aromatic rings. The molecule has 2 aromatic heterocycles. The van der Waals surface area contributed by atoms with E-state index in [9.17, 15) is 14.4 Å². The number of carbonyl (C=O) groups excluding carboxylic acids is 1. The van der Waals surface area contributed by atoms with Gasteiger partial charge < -0.3 is 9.47 Å². The van der Waals surface area contributed by atoms with Gasteiger partial charge in [-0.1, -0.05) is 0 Å². The summed E-state index contributed by atoms with van der Waals surface area (Å²) in [6.07, 6.45) is 3.74. The second-order valence-corrected chi connectivity index (χ2v) is 6.34. The van der Waals surface area contributed by atoms with E-state index in [1.54, 1.807) is 30.6 Å². The fraction of sp³-hybridized carbons (Fsp3) is 0.600. The molecule has 0 bridgehead atoms. The molecule has 1 amide bonds. The first-order valence-electron chi connectivity index (χ1n) is 7.69. The number of nitrogens with zero attached hydrogens (tertiary/aromatic N) is 5. The van der Waals surface area contributed by atoms with Crippen molar-refractivity contribution in [3.05, 3.63) is 27.2 Å². The number of hydrogen-bond acceptors (Lipinski definition) is 4. The number of imidazole rings is 1. The summed E-state index contributed by atoms with van der Waals surface area (Å²) in [7, 11) is 4.96. The third-order valence-electron chi connectivity index (χ3n) is 4.80. The molecular formula is C15H21N5O3. The van der Waals surface area contributed by atoms with Gasteiger partial charge in [0.2, 0.25) is 5.91 Å². The molecule has 1 saturated carbocycles. The molecular weight excluding hydrogens is 298 g/mol. The molecule has 0 aliphatic heterocycles. The first-order valence-corrected chi connectivity index (χ1v) is 7.69. The van der Waals surface area contributed by atoms with Crippen LogP contribution >= 0.6 is 0 Å². The molecule has 0 N–H and O–H groups in total. The Hall–Kier alpha value is -2.38. The normalized spacial score (nSPS) is 15.8. The number of carbonyl (C=O) groups is 1. The Balaban J connectivity index is 1.99. The predicted octanol–water partition coefficient (Wildman–Crippen LogP) is -0.309. The maximum atomic E-state index is 12.6. The van der Waals surface area contributed by atoms with Gasteiger partial charge in [-0.15, -0.1) is 0 Å². The van der Waals surface area contributed by atoms with Crippen molar-refractivity contribution >= 4 is 17.1 Å². The minimum atomic E-state index is -0.526. The van der Waals surface area contributed by atoms with Crippen molar-refractivity contribution in [1.29, 1.82) is 0 Å². The van der Waals surface area contributed by atoms with Crippen molar-refractivity contribution in [3.8, 4) is 0 Å². The molecule has 1 aliphatic rings. The first-order chi connectivity index (χ1) is 10.8. The summed E-state index contributed by atoms with van der Waals surface area (Å²) in [6.45, 7) is 1.75. The highest BCUT2D eigenvalue weighted by molar-refractivity contribution is 5.77. The van der Waals surface area contributed by atoms with Gasteiger partial charge in [0.15, 0.2) is 11.2 Å². The molecule has 0 spiro atoms. The Bertz CT molecular complexity index is 887. The van der Waals surface area contributed by atoms with Crippen LogP contribution in [0.25, 0.3) is 11.2 Å². The Morgan fingerprint density at radius 3 is 2.65 bits per heavy atom.